The summed E-state index contributed by atoms with van der Waals surface area (Å²) in [6.07, 6.45) is 5.31. The largest absolute Gasteiger partial charge is 0.396 e. The van der Waals surface area contributed by atoms with Gasteiger partial charge in [0.2, 0.25) is 5.91 Å². The zero-order valence-electron chi connectivity index (χ0n) is 11.6. The van der Waals surface area contributed by atoms with Crippen molar-refractivity contribution in [1.29, 1.82) is 0 Å². The number of carbonyl (C=O) groups is 1. The zero-order valence-corrected chi connectivity index (χ0v) is 11.6. The second-order valence-corrected chi connectivity index (χ2v) is 5.38. The third-order valence-corrected chi connectivity index (χ3v) is 3.78. The monoisotopic (exact) mass is 261 g/mol. The van der Waals surface area contributed by atoms with Crippen LogP contribution >= 0.6 is 0 Å². The van der Waals surface area contributed by atoms with E-state index in [1.807, 2.05) is 12.1 Å². The molecule has 1 unspecified atom stereocenters. The lowest BCUT2D eigenvalue weighted by Crippen LogP contribution is -2.24. The highest BCUT2D eigenvalue weighted by Gasteiger charge is 2.29. The molecule has 1 atom stereocenters. The number of aliphatic hydroxyl groups excluding tert-OH is 1. The van der Waals surface area contributed by atoms with Crippen LogP contribution in [-0.4, -0.2) is 24.2 Å². The van der Waals surface area contributed by atoms with Crippen molar-refractivity contribution in [2.75, 3.05) is 18.1 Å². The number of amides is 1. The van der Waals surface area contributed by atoms with Crippen molar-refractivity contribution in [2.45, 2.75) is 39.0 Å². The fourth-order valence-corrected chi connectivity index (χ4v) is 2.58. The van der Waals surface area contributed by atoms with E-state index in [0.717, 1.165) is 12.1 Å². The van der Waals surface area contributed by atoms with E-state index >= 15 is 0 Å². The summed E-state index contributed by atoms with van der Waals surface area (Å²) in [6.45, 7) is 2.95. The lowest BCUT2D eigenvalue weighted by molar-refractivity contribution is -0.117. The molecule has 1 aliphatic heterocycles. The second-order valence-electron chi connectivity index (χ2n) is 5.38. The molecule has 0 spiro atoms. The average Bonchev–Trinajstić information content (AvgIpc) is 2.81. The van der Waals surface area contributed by atoms with Gasteiger partial charge in [-0.2, -0.15) is 0 Å². The van der Waals surface area contributed by atoms with Gasteiger partial charge >= 0.3 is 0 Å². The maximum Gasteiger partial charge on any atom is 0.227 e. The van der Waals surface area contributed by atoms with Gasteiger partial charge in [-0.3, -0.25) is 4.79 Å². The van der Waals surface area contributed by atoms with Gasteiger partial charge in [-0.05, 0) is 30.5 Å². The molecule has 1 aromatic rings. The fourth-order valence-electron chi connectivity index (χ4n) is 2.58. The Kier molecular flexibility index (Phi) is 4.97. The Balaban J connectivity index is 1.96. The molecule has 104 valence electrons. The number of carbonyl (C=O) groups excluding carboxylic acids is 1. The molecule has 1 fully saturated rings. The first kappa shape index (κ1) is 14.1. The van der Waals surface area contributed by atoms with Crippen molar-refractivity contribution in [3.05, 3.63) is 29.8 Å². The number of hydrogen-bond acceptors (Lipinski definition) is 2. The normalized spacial score (nSPS) is 19.2. The van der Waals surface area contributed by atoms with E-state index in [9.17, 15) is 4.79 Å². The molecule has 1 aromatic carbocycles. The molecular formula is C16H23NO2. The maximum atomic E-state index is 11.9. The molecule has 19 heavy (non-hydrogen) atoms. The lowest BCUT2D eigenvalue weighted by atomic mass is 10.1. The Hall–Kier alpha value is -1.35. The van der Waals surface area contributed by atoms with Crippen molar-refractivity contribution < 1.29 is 9.90 Å². The molecule has 3 nitrogen and oxygen atoms in total. The fraction of sp³-hybridized carbons (Fsp3) is 0.562. The van der Waals surface area contributed by atoms with E-state index in [-0.39, 0.29) is 18.4 Å². The van der Waals surface area contributed by atoms with Crippen molar-refractivity contribution in [3.8, 4) is 0 Å². The first-order valence-electron chi connectivity index (χ1n) is 7.24. The van der Waals surface area contributed by atoms with Gasteiger partial charge in [-0.25, -0.2) is 0 Å². The minimum atomic E-state index is 0.0942. The summed E-state index contributed by atoms with van der Waals surface area (Å²) in [7, 11) is 0. The SMILES string of the molecule is CCCCCc1ccc(N2CC(CO)CC2=O)cc1. The Labute approximate surface area is 115 Å². The summed E-state index contributed by atoms with van der Waals surface area (Å²) >= 11 is 0. The molecule has 3 heteroatoms. The van der Waals surface area contributed by atoms with Crippen LogP contribution in [0.4, 0.5) is 5.69 Å². The first-order chi connectivity index (χ1) is 9.24. The summed E-state index contributed by atoms with van der Waals surface area (Å²) in [5, 5.41) is 9.13. The molecule has 0 radical (unpaired) electrons. The Morgan fingerprint density at radius 3 is 2.58 bits per heavy atom. The minimum Gasteiger partial charge on any atom is -0.396 e. The molecule has 1 saturated heterocycles. The second kappa shape index (κ2) is 6.71. The van der Waals surface area contributed by atoms with Crippen molar-refractivity contribution in [2.24, 2.45) is 5.92 Å². The minimum absolute atomic E-state index is 0.0942. The van der Waals surface area contributed by atoms with Gasteiger partial charge in [0.25, 0.3) is 0 Å². The quantitative estimate of drug-likeness (QED) is 0.800. The summed E-state index contributed by atoms with van der Waals surface area (Å²) in [4.78, 5) is 13.6. The predicted octanol–water partition coefficient (Wildman–Crippen LogP) is 2.76. The highest BCUT2D eigenvalue weighted by atomic mass is 16.3. The number of nitrogens with zero attached hydrogens (tertiary/aromatic N) is 1. The molecule has 1 heterocycles. The van der Waals surface area contributed by atoms with Crippen molar-refractivity contribution in [1.82, 2.24) is 0 Å². The molecule has 1 amide bonds. The molecule has 0 saturated carbocycles. The highest BCUT2D eigenvalue weighted by Crippen LogP contribution is 2.25. The zero-order chi connectivity index (χ0) is 13.7. The van der Waals surface area contributed by atoms with Gasteiger partial charge in [0.15, 0.2) is 0 Å². The topological polar surface area (TPSA) is 40.5 Å². The summed E-state index contributed by atoms with van der Waals surface area (Å²) in [5.74, 6) is 0.217. The van der Waals surface area contributed by atoms with Gasteiger partial charge in [0.1, 0.15) is 0 Å². The third kappa shape index (κ3) is 3.57. The van der Waals surface area contributed by atoms with Crippen LogP contribution < -0.4 is 4.90 Å². The van der Waals surface area contributed by atoms with Crippen LogP contribution in [0.2, 0.25) is 0 Å². The smallest absolute Gasteiger partial charge is 0.227 e. The van der Waals surface area contributed by atoms with Gasteiger partial charge < -0.3 is 10.0 Å². The summed E-state index contributed by atoms with van der Waals surface area (Å²) in [6, 6.07) is 8.28. The molecule has 0 bridgehead atoms. The molecule has 1 aliphatic rings. The first-order valence-corrected chi connectivity index (χ1v) is 7.24. The van der Waals surface area contributed by atoms with Crippen molar-refractivity contribution in [3.63, 3.8) is 0 Å². The van der Waals surface area contributed by atoms with Gasteiger partial charge in [0.05, 0.1) is 0 Å². The molecule has 0 aromatic heterocycles. The lowest BCUT2D eigenvalue weighted by Gasteiger charge is -2.16. The van der Waals surface area contributed by atoms with Crippen molar-refractivity contribution >= 4 is 11.6 Å². The number of hydrogen-bond donors (Lipinski definition) is 1. The van der Waals surface area contributed by atoms with E-state index in [0.29, 0.717) is 13.0 Å². The number of aryl methyl sites for hydroxylation is 1. The van der Waals surface area contributed by atoms with Gasteiger partial charge in [0, 0.05) is 31.2 Å². The Bertz CT molecular complexity index is 413. The molecule has 1 N–H and O–H groups in total. The summed E-state index contributed by atoms with van der Waals surface area (Å²) in [5.41, 5.74) is 2.29. The van der Waals surface area contributed by atoms with Gasteiger partial charge in [-0.15, -0.1) is 0 Å². The van der Waals surface area contributed by atoms with Gasteiger partial charge in [-0.1, -0.05) is 31.9 Å². The van der Waals surface area contributed by atoms with Crippen LogP contribution in [0.25, 0.3) is 0 Å². The molecule has 0 aliphatic carbocycles. The van der Waals surface area contributed by atoms with Crippen LogP contribution in [0.5, 0.6) is 0 Å². The molecule has 2 rings (SSSR count). The Morgan fingerprint density at radius 2 is 2.00 bits per heavy atom. The van der Waals surface area contributed by atoms with E-state index in [1.165, 1.54) is 24.8 Å². The predicted molar refractivity (Wildman–Crippen MR) is 77.2 cm³/mol. The number of aliphatic hydroxyl groups is 1. The Morgan fingerprint density at radius 1 is 1.26 bits per heavy atom. The average molecular weight is 261 g/mol. The highest BCUT2D eigenvalue weighted by molar-refractivity contribution is 5.95. The number of anilines is 1. The standard InChI is InChI=1S/C16H23NO2/c1-2-3-4-5-13-6-8-15(9-7-13)17-11-14(12-18)10-16(17)19/h6-9,14,18H,2-5,10-12H2,1H3. The van der Waals surface area contributed by atoms with E-state index < -0.39 is 0 Å². The van der Waals surface area contributed by atoms with Crippen LogP contribution in [0.15, 0.2) is 24.3 Å². The van der Waals surface area contributed by atoms with Crippen LogP contribution in [0.1, 0.15) is 38.2 Å². The van der Waals surface area contributed by atoms with E-state index in [1.54, 1.807) is 4.90 Å². The van der Waals surface area contributed by atoms with Crippen LogP contribution in [0.3, 0.4) is 0 Å². The molecular weight excluding hydrogens is 238 g/mol. The number of benzene rings is 1. The maximum absolute atomic E-state index is 11.9. The van der Waals surface area contributed by atoms with E-state index in [4.69, 9.17) is 5.11 Å². The number of unbranched alkanes of at least 4 members (excludes halogenated alkanes) is 2. The van der Waals surface area contributed by atoms with Crippen LogP contribution in [-0.2, 0) is 11.2 Å². The van der Waals surface area contributed by atoms with Crippen LogP contribution in [0, 0.1) is 5.92 Å². The third-order valence-electron chi connectivity index (χ3n) is 3.78. The summed E-state index contributed by atoms with van der Waals surface area (Å²) < 4.78 is 0. The van der Waals surface area contributed by atoms with E-state index in [2.05, 4.69) is 19.1 Å². The number of rotatable bonds is 6.